The maximum absolute atomic E-state index is 12.8. The van der Waals surface area contributed by atoms with Crippen molar-refractivity contribution in [2.24, 2.45) is 7.05 Å². The van der Waals surface area contributed by atoms with Crippen molar-refractivity contribution >= 4 is 45.0 Å². The number of carbonyl (C=O) groups is 1. The van der Waals surface area contributed by atoms with E-state index in [9.17, 15) is 4.79 Å². The molecule has 0 spiro atoms. The predicted molar refractivity (Wildman–Crippen MR) is 110 cm³/mol. The molecule has 5 rings (SSSR count). The summed E-state index contributed by atoms with van der Waals surface area (Å²) in [5.41, 5.74) is 4.86. The van der Waals surface area contributed by atoms with Gasteiger partial charge in [0, 0.05) is 29.5 Å². The SMILES string of the molecule is Cn1ncc(Cl)c1C(=O)Nc1cc(-c2cccc3[nH]ccc23)cc2[nH]ncc12. The van der Waals surface area contributed by atoms with Crippen molar-refractivity contribution < 1.29 is 4.79 Å². The number of fused-ring (bicyclic) bond motifs is 2. The standard InChI is InChI=1S/C20H15ClN6O/c1-27-19(15(21)10-24-27)20(28)25-17-7-11(8-18-14(17)9-23-26-18)12-3-2-4-16-13(12)5-6-22-16/h2-10,22H,1H3,(H,23,26)(H,25,28). The third-order valence-electron chi connectivity index (χ3n) is 4.82. The fourth-order valence-corrected chi connectivity index (χ4v) is 3.75. The van der Waals surface area contributed by atoms with E-state index in [0.29, 0.717) is 16.4 Å². The number of halogens is 1. The summed E-state index contributed by atoms with van der Waals surface area (Å²) < 4.78 is 1.45. The van der Waals surface area contributed by atoms with Crippen molar-refractivity contribution in [3.05, 3.63) is 65.7 Å². The molecule has 7 nitrogen and oxygen atoms in total. The highest BCUT2D eigenvalue weighted by Crippen LogP contribution is 2.34. The molecule has 8 heteroatoms. The van der Waals surface area contributed by atoms with Gasteiger partial charge in [0.25, 0.3) is 5.91 Å². The zero-order chi connectivity index (χ0) is 19.3. The Bertz CT molecular complexity index is 1330. The van der Waals surface area contributed by atoms with Gasteiger partial charge in [-0.15, -0.1) is 0 Å². The van der Waals surface area contributed by atoms with Gasteiger partial charge in [0.05, 0.1) is 28.6 Å². The molecule has 2 aromatic carbocycles. The zero-order valence-electron chi connectivity index (χ0n) is 14.8. The Morgan fingerprint density at radius 3 is 2.86 bits per heavy atom. The molecule has 0 saturated carbocycles. The first-order valence-corrected chi connectivity index (χ1v) is 9.02. The van der Waals surface area contributed by atoms with E-state index in [1.807, 2.05) is 36.5 Å². The van der Waals surface area contributed by atoms with Gasteiger partial charge in [-0.3, -0.25) is 14.6 Å². The lowest BCUT2D eigenvalue weighted by Crippen LogP contribution is -2.16. The molecule has 0 radical (unpaired) electrons. The molecule has 5 aromatic rings. The minimum atomic E-state index is -0.329. The van der Waals surface area contributed by atoms with Crippen LogP contribution in [0.15, 0.2) is 55.0 Å². The average molecular weight is 391 g/mol. The van der Waals surface area contributed by atoms with Crippen molar-refractivity contribution in [1.82, 2.24) is 25.0 Å². The molecule has 0 fully saturated rings. The highest BCUT2D eigenvalue weighted by Gasteiger charge is 2.18. The van der Waals surface area contributed by atoms with Crippen molar-refractivity contribution in [3.8, 4) is 11.1 Å². The Labute approximate surface area is 164 Å². The van der Waals surface area contributed by atoms with Crippen molar-refractivity contribution in [3.63, 3.8) is 0 Å². The van der Waals surface area contributed by atoms with E-state index in [1.165, 1.54) is 10.9 Å². The second kappa shape index (κ2) is 6.24. The molecule has 3 heterocycles. The quantitative estimate of drug-likeness (QED) is 0.427. The number of nitrogens with one attached hydrogen (secondary N) is 3. The number of carbonyl (C=O) groups excluding carboxylic acids is 1. The largest absolute Gasteiger partial charge is 0.361 e. The van der Waals surface area contributed by atoms with E-state index in [2.05, 4.69) is 31.7 Å². The van der Waals surface area contributed by atoms with Gasteiger partial charge in [0.1, 0.15) is 5.69 Å². The van der Waals surface area contributed by atoms with Gasteiger partial charge in [-0.05, 0) is 35.4 Å². The summed E-state index contributed by atoms with van der Waals surface area (Å²) in [5.74, 6) is -0.329. The van der Waals surface area contributed by atoms with Crippen LogP contribution in [0.3, 0.4) is 0 Å². The van der Waals surface area contributed by atoms with Crippen LogP contribution in [0.5, 0.6) is 0 Å². The Balaban J connectivity index is 1.64. The molecule has 0 atom stereocenters. The number of H-pyrrole nitrogens is 2. The molecule has 0 aliphatic carbocycles. The van der Waals surface area contributed by atoms with E-state index in [1.54, 1.807) is 13.2 Å². The van der Waals surface area contributed by atoms with E-state index in [0.717, 1.165) is 32.9 Å². The number of hydrogen-bond acceptors (Lipinski definition) is 3. The lowest BCUT2D eigenvalue weighted by atomic mass is 9.99. The Morgan fingerprint density at radius 2 is 2.04 bits per heavy atom. The minimum absolute atomic E-state index is 0.302. The van der Waals surface area contributed by atoms with Gasteiger partial charge >= 0.3 is 0 Å². The van der Waals surface area contributed by atoms with Gasteiger partial charge < -0.3 is 10.3 Å². The zero-order valence-corrected chi connectivity index (χ0v) is 15.6. The van der Waals surface area contributed by atoms with Gasteiger partial charge in [0.15, 0.2) is 0 Å². The van der Waals surface area contributed by atoms with Crippen LogP contribution in [-0.2, 0) is 7.05 Å². The maximum Gasteiger partial charge on any atom is 0.275 e. The molecule has 0 unspecified atom stereocenters. The van der Waals surface area contributed by atoms with Gasteiger partial charge in [-0.1, -0.05) is 23.7 Å². The second-order valence-corrected chi connectivity index (χ2v) is 6.93. The number of nitrogens with zero attached hydrogens (tertiary/aromatic N) is 3. The average Bonchev–Trinajstić information content (AvgIpc) is 3.40. The molecule has 0 saturated heterocycles. The first-order chi connectivity index (χ1) is 13.6. The summed E-state index contributed by atoms with van der Waals surface area (Å²) in [7, 11) is 1.68. The van der Waals surface area contributed by atoms with Crippen molar-refractivity contribution in [2.75, 3.05) is 5.32 Å². The fraction of sp³-hybridized carbons (Fsp3) is 0.0500. The number of aromatic nitrogens is 5. The van der Waals surface area contributed by atoms with Crippen molar-refractivity contribution in [1.29, 1.82) is 0 Å². The Hall–Kier alpha value is -3.58. The topological polar surface area (TPSA) is 91.4 Å². The number of amides is 1. The second-order valence-electron chi connectivity index (χ2n) is 6.52. The lowest BCUT2D eigenvalue weighted by molar-refractivity contribution is 0.101. The third kappa shape index (κ3) is 2.56. The number of aromatic amines is 2. The maximum atomic E-state index is 12.8. The summed E-state index contributed by atoms with van der Waals surface area (Å²) in [5, 5.41) is 16.3. The molecule has 138 valence electrons. The van der Waals surface area contributed by atoms with E-state index < -0.39 is 0 Å². The number of aryl methyl sites for hydroxylation is 1. The molecule has 0 bridgehead atoms. The van der Waals surface area contributed by atoms with Gasteiger partial charge in [-0.25, -0.2) is 0 Å². The number of benzene rings is 2. The van der Waals surface area contributed by atoms with Gasteiger partial charge in [-0.2, -0.15) is 10.2 Å². The summed E-state index contributed by atoms with van der Waals surface area (Å²) in [6.45, 7) is 0. The number of anilines is 1. The number of rotatable bonds is 3. The Kier molecular flexibility index (Phi) is 3.70. The molecule has 0 aliphatic rings. The molecule has 28 heavy (non-hydrogen) atoms. The van der Waals surface area contributed by atoms with Crippen LogP contribution in [0.1, 0.15) is 10.5 Å². The number of hydrogen-bond donors (Lipinski definition) is 3. The van der Waals surface area contributed by atoms with Crippen LogP contribution in [0.25, 0.3) is 32.9 Å². The normalized spacial score (nSPS) is 11.4. The van der Waals surface area contributed by atoms with E-state index in [4.69, 9.17) is 11.6 Å². The fourth-order valence-electron chi connectivity index (χ4n) is 3.49. The first-order valence-electron chi connectivity index (χ1n) is 8.64. The molecular weight excluding hydrogens is 376 g/mol. The van der Waals surface area contributed by atoms with E-state index in [-0.39, 0.29) is 5.91 Å². The molecule has 1 amide bonds. The molecule has 0 aliphatic heterocycles. The summed E-state index contributed by atoms with van der Waals surface area (Å²) >= 11 is 6.12. The highest BCUT2D eigenvalue weighted by molar-refractivity contribution is 6.34. The smallest absolute Gasteiger partial charge is 0.275 e. The van der Waals surface area contributed by atoms with Crippen LogP contribution < -0.4 is 5.32 Å². The third-order valence-corrected chi connectivity index (χ3v) is 5.10. The van der Waals surface area contributed by atoms with Gasteiger partial charge in [0.2, 0.25) is 0 Å². The monoisotopic (exact) mass is 390 g/mol. The predicted octanol–water partition coefficient (Wildman–Crippen LogP) is 4.35. The lowest BCUT2D eigenvalue weighted by Gasteiger charge is -2.11. The van der Waals surface area contributed by atoms with Crippen LogP contribution in [0.2, 0.25) is 5.02 Å². The first kappa shape index (κ1) is 16.6. The summed E-state index contributed by atoms with van der Waals surface area (Å²) in [6, 6.07) is 12.1. The van der Waals surface area contributed by atoms with Crippen molar-refractivity contribution in [2.45, 2.75) is 0 Å². The molecule has 3 N–H and O–H groups in total. The van der Waals surface area contributed by atoms with Crippen LogP contribution in [-0.4, -0.2) is 30.9 Å². The molecular formula is C20H15ClN6O. The van der Waals surface area contributed by atoms with Crippen LogP contribution >= 0.6 is 11.6 Å². The summed E-state index contributed by atoms with van der Waals surface area (Å²) in [6.07, 6.45) is 5.05. The van der Waals surface area contributed by atoms with E-state index >= 15 is 0 Å². The Morgan fingerprint density at radius 1 is 1.14 bits per heavy atom. The van der Waals surface area contributed by atoms with Crippen LogP contribution in [0, 0.1) is 0 Å². The minimum Gasteiger partial charge on any atom is -0.361 e. The molecule has 3 aromatic heterocycles. The highest BCUT2D eigenvalue weighted by atomic mass is 35.5. The summed E-state index contributed by atoms with van der Waals surface area (Å²) in [4.78, 5) is 16.0. The van der Waals surface area contributed by atoms with Crippen LogP contribution in [0.4, 0.5) is 5.69 Å².